The summed E-state index contributed by atoms with van der Waals surface area (Å²) in [6, 6.07) is 8.00. The molecular formula is C14H14F2N2. The van der Waals surface area contributed by atoms with E-state index in [1.165, 1.54) is 6.07 Å². The summed E-state index contributed by atoms with van der Waals surface area (Å²) in [4.78, 5) is 4.02. The zero-order valence-corrected chi connectivity index (χ0v) is 10.0. The molecule has 0 aliphatic carbocycles. The van der Waals surface area contributed by atoms with Crippen molar-refractivity contribution in [2.75, 3.05) is 0 Å². The second-order valence-electron chi connectivity index (χ2n) is 4.10. The van der Waals surface area contributed by atoms with E-state index in [2.05, 4.69) is 10.3 Å². The smallest absolute Gasteiger partial charge is 0.163 e. The number of rotatable bonds is 4. The number of hydrogen-bond donors (Lipinski definition) is 1. The molecule has 94 valence electrons. The van der Waals surface area contributed by atoms with Gasteiger partial charge >= 0.3 is 0 Å². The molecule has 2 nitrogen and oxygen atoms in total. The molecule has 4 heteroatoms. The normalized spacial score (nSPS) is 12.4. The molecule has 2 rings (SSSR count). The Kier molecular flexibility index (Phi) is 3.99. The van der Waals surface area contributed by atoms with Gasteiger partial charge in [0.25, 0.3) is 0 Å². The monoisotopic (exact) mass is 248 g/mol. The predicted molar refractivity (Wildman–Crippen MR) is 65.8 cm³/mol. The van der Waals surface area contributed by atoms with Crippen molar-refractivity contribution in [3.63, 3.8) is 0 Å². The average Bonchev–Trinajstić information content (AvgIpc) is 2.41. The summed E-state index contributed by atoms with van der Waals surface area (Å²) in [6.45, 7) is 2.23. The van der Waals surface area contributed by atoms with Gasteiger partial charge in [0, 0.05) is 30.5 Å². The van der Waals surface area contributed by atoms with E-state index in [4.69, 9.17) is 0 Å². The van der Waals surface area contributed by atoms with E-state index in [0.717, 1.165) is 11.6 Å². The maximum atomic E-state index is 13.4. The molecule has 0 radical (unpaired) electrons. The summed E-state index contributed by atoms with van der Waals surface area (Å²) < 4.78 is 26.4. The second-order valence-corrected chi connectivity index (χ2v) is 4.10. The van der Waals surface area contributed by atoms with Gasteiger partial charge in [-0.3, -0.25) is 4.98 Å². The van der Waals surface area contributed by atoms with Crippen LogP contribution in [-0.4, -0.2) is 4.98 Å². The van der Waals surface area contributed by atoms with Crippen LogP contribution in [0.3, 0.4) is 0 Å². The lowest BCUT2D eigenvalue weighted by molar-refractivity contribution is 0.484. The Balaban J connectivity index is 2.02. The number of nitrogens with zero attached hydrogens (tertiary/aromatic N) is 1. The third kappa shape index (κ3) is 2.90. The molecule has 0 fully saturated rings. The van der Waals surface area contributed by atoms with E-state index in [0.29, 0.717) is 5.56 Å². The van der Waals surface area contributed by atoms with Crippen LogP contribution in [-0.2, 0) is 6.54 Å². The zero-order chi connectivity index (χ0) is 13.0. The minimum atomic E-state index is -0.816. The van der Waals surface area contributed by atoms with E-state index in [-0.39, 0.29) is 12.6 Å². The molecule has 0 bridgehead atoms. The molecule has 0 aliphatic heterocycles. The molecule has 1 aromatic carbocycles. The van der Waals surface area contributed by atoms with Crippen LogP contribution in [0.25, 0.3) is 0 Å². The van der Waals surface area contributed by atoms with Crippen molar-refractivity contribution in [1.82, 2.24) is 10.3 Å². The lowest BCUT2D eigenvalue weighted by Gasteiger charge is -2.14. The highest BCUT2D eigenvalue weighted by molar-refractivity contribution is 5.19. The Morgan fingerprint density at radius 2 is 2.06 bits per heavy atom. The van der Waals surface area contributed by atoms with Crippen molar-refractivity contribution >= 4 is 0 Å². The fraction of sp³-hybridized carbons (Fsp3) is 0.214. The Bertz CT molecular complexity index is 514. The van der Waals surface area contributed by atoms with Crippen LogP contribution in [0.2, 0.25) is 0 Å². The fourth-order valence-electron chi connectivity index (χ4n) is 1.70. The van der Waals surface area contributed by atoms with Gasteiger partial charge in [-0.1, -0.05) is 18.2 Å². The number of benzene rings is 1. The molecular weight excluding hydrogens is 234 g/mol. The van der Waals surface area contributed by atoms with Crippen LogP contribution in [0.1, 0.15) is 24.1 Å². The highest BCUT2D eigenvalue weighted by Crippen LogP contribution is 2.14. The van der Waals surface area contributed by atoms with E-state index in [9.17, 15) is 8.78 Å². The molecule has 0 unspecified atom stereocenters. The van der Waals surface area contributed by atoms with Crippen LogP contribution >= 0.6 is 0 Å². The summed E-state index contributed by atoms with van der Waals surface area (Å²) in [5.74, 6) is -1.60. The van der Waals surface area contributed by atoms with Gasteiger partial charge in [-0.15, -0.1) is 0 Å². The molecule has 0 amide bonds. The molecule has 0 spiro atoms. The summed E-state index contributed by atoms with van der Waals surface area (Å²) in [6.07, 6.45) is 3.45. The van der Waals surface area contributed by atoms with Crippen molar-refractivity contribution < 1.29 is 8.78 Å². The van der Waals surface area contributed by atoms with Crippen molar-refractivity contribution in [2.24, 2.45) is 0 Å². The van der Waals surface area contributed by atoms with Crippen molar-refractivity contribution in [3.05, 3.63) is 65.5 Å². The minimum absolute atomic E-state index is 0.0290. The van der Waals surface area contributed by atoms with E-state index in [1.54, 1.807) is 18.5 Å². The Morgan fingerprint density at radius 3 is 2.78 bits per heavy atom. The molecule has 0 saturated carbocycles. The second kappa shape index (κ2) is 5.69. The number of hydrogen-bond acceptors (Lipinski definition) is 2. The maximum absolute atomic E-state index is 13.4. The molecule has 0 aliphatic rings. The first-order chi connectivity index (χ1) is 8.68. The molecule has 2 aromatic rings. The molecule has 1 heterocycles. The fourth-order valence-corrected chi connectivity index (χ4v) is 1.70. The van der Waals surface area contributed by atoms with Gasteiger partial charge in [-0.25, -0.2) is 8.78 Å². The minimum Gasteiger partial charge on any atom is -0.306 e. The highest BCUT2D eigenvalue weighted by atomic mass is 19.2. The molecule has 1 atom stereocenters. The highest BCUT2D eigenvalue weighted by Gasteiger charge is 2.09. The van der Waals surface area contributed by atoms with Crippen molar-refractivity contribution in [1.29, 1.82) is 0 Å². The summed E-state index contributed by atoms with van der Waals surface area (Å²) >= 11 is 0. The Labute approximate surface area is 105 Å². The molecule has 0 saturated heterocycles. The summed E-state index contributed by atoms with van der Waals surface area (Å²) in [7, 11) is 0. The quantitative estimate of drug-likeness (QED) is 0.898. The first-order valence-corrected chi connectivity index (χ1v) is 5.74. The van der Waals surface area contributed by atoms with E-state index in [1.807, 2.05) is 19.1 Å². The third-order valence-electron chi connectivity index (χ3n) is 2.81. The van der Waals surface area contributed by atoms with Crippen LogP contribution in [0.5, 0.6) is 0 Å². The first-order valence-electron chi connectivity index (χ1n) is 5.74. The van der Waals surface area contributed by atoms with Gasteiger partial charge in [0.15, 0.2) is 11.6 Å². The lowest BCUT2D eigenvalue weighted by Crippen LogP contribution is -2.19. The zero-order valence-electron chi connectivity index (χ0n) is 10.0. The number of halogens is 2. The summed E-state index contributed by atoms with van der Waals surface area (Å²) in [5, 5.41) is 3.14. The van der Waals surface area contributed by atoms with Gasteiger partial charge < -0.3 is 5.32 Å². The van der Waals surface area contributed by atoms with Gasteiger partial charge in [-0.2, -0.15) is 0 Å². The Hall–Kier alpha value is -1.81. The predicted octanol–water partition coefficient (Wildman–Crippen LogP) is 3.21. The van der Waals surface area contributed by atoms with Crippen molar-refractivity contribution in [2.45, 2.75) is 19.5 Å². The SMILES string of the molecule is C[C@H](NCc1cccc(F)c1F)c1cccnc1. The van der Waals surface area contributed by atoms with Gasteiger partial charge in [0.1, 0.15) is 0 Å². The lowest BCUT2D eigenvalue weighted by atomic mass is 10.1. The van der Waals surface area contributed by atoms with E-state index >= 15 is 0 Å². The largest absolute Gasteiger partial charge is 0.306 e. The standard InChI is InChI=1S/C14H14F2N2/c1-10(11-5-3-7-17-8-11)18-9-12-4-2-6-13(15)14(12)16/h2-8,10,18H,9H2,1H3/t10-/m0/s1. The summed E-state index contributed by atoms with van der Waals surface area (Å²) in [5.41, 5.74) is 1.33. The molecule has 18 heavy (non-hydrogen) atoms. The number of aromatic nitrogens is 1. The Morgan fingerprint density at radius 1 is 1.22 bits per heavy atom. The van der Waals surface area contributed by atoms with Crippen LogP contribution in [0.4, 0.5) is 8.78 Å². The first kappa shape index (κ1) is 12.6. The van der Waals surface area contributed by atoms with Gasteiger partial charge in [-0.05, 0) is 24.6 Å². The van der Waals surface area contributed by atoms with Crippen molar-refractivity contribution in [3.8, 4) is 0 Å². The molecule has 1 N–H and O–H groups in total. The van der Waals surface area contributed by atoms with E-state index < -0.39 is 11.6 Å². The maximum Gasteiger partial charge on any atom is 0.163 e. The van der Waals surface area contributed by atoms with Crippen LogP contribution < -0.4 is 5.32 Å². The van der Waals surface area contributed by atoms with Crippen LogP contribution in [0.15, 0.2) is 42.7 Å². The average molecular weight is 248 g/mol. The topological polar surface area (TPSA) is 24.9 Å². The number of pyridine rings is 1. The number of nitrogens with one attached hydrogen (secondary N) is 1. The molecule has 1 aromatic heterocycles. The third-order valence-corrected chi connectivity index (χ3v) is 2.81. The van der Waals surface area contributed by atoms with Gasteiger partial charge in [0.05, 0.1) is 0 Å². The van der Waals surface area contributed by atoms with Gasteiger partial charge in [0.2, 0.25) is 0 Å². The van der Waals surface area contributed by atoms with Crippen LogP contribution in [0, 0.1) is 11.6 Å².